The van der Waals surface area contributed by atoms with Crippen LogP contribution in [0.15, 0.2) is 71.2 Å². The minimum Gasteiger partial charge on any atom is -0.352 e. The van der Waals surface area contributed by atoms with Crippen LogP contribution in [0.5, 0.6) is 0 Å². The van der Waals surface area contributed by atoms with Crippen LogP contribution in [-0.2, 0) is 22.6 Å². The number of hydrogen-bond donors (Lipinski definition) is 1. The molecule has 4 nitrogen and oxygen atoms in total. The summed E-state index contributed by atoms with van der Waals surface area (Å²) in [6.07, 6.45) is 0.981. The monoisotopic (exact) mass is 480 g/mol. The van der Waals surface area contributed by atoms with Gasteiger partial charge in [-0.3, -0.25) is 9.59 Å². The maximum Gasteiger partial charge on any atom is 0.242 e. The summed E-state index contributed by atoms with van der Waals surface area (Å²) in [5.41, 5.74) is 2.13. The van der Waals surface area contributed by atoms with Gasteiger partial charge in [0, 0.05) is 23.5 Å². The molecule has 0 fully saturated rings. The van der Waals surface area contributed by atoms with E-state index in [0.29, 0.717) is 19.4 Å². The summed E-state index contributed by atoms with van der Waals surface area (Å²) >= 11 is 3.49. The molecule has 0 unspecified atom stereocenters. The number of hydrogen-bond acceptors (Lipinski definition) is 2. The molecule has 2 amide bonds. The van der Waals surface area contributed by atoms with Crippen LogP contribution in [0.25, 0.3) is 10.8 Å². The van der Waals surface area contributed by atoms with Crippen molar-refractivity contribution >= 4 is 38.5 Å². The van der Waals surface area contributed by atoms with Crippen molar-refractivity contribution in [2.45, 2.75) is 52.2 Å². The minimum atomic E-state index is -0.554. The summed E-state index contributed by atoms with van der Waals surface area (Å²) in [7, 11) is 0. The zero-order valence-corrected chi connectivity index (χ0v) is 19.9. The highest BCUT2D eigenvalue weighted by Crippen LogP contribution is 2.21. The van der Waals surface area contributed by atoms with Gasteiger partial charge in [-0.25, -0.2) is 0 Å². The Hall–Kier alpha value is -2.66. The topological polar surface area (TPSA) is 49.4 Å². The molecule has 3 aromatic carbocycles. The van der Waals surface area contributed by atoms with Crippen LogP contribution in [0.3, 0.4) is 0 Å². The predicted octanol–water partition coefficient (Wildman–Crippen LogP) is 5.48. The predicted molar refractivity (Wildman–Crippen MR) is 130 cm³/mol. The molecule has 0 radical (unpaired) electrons. The molecular weight excluding hydrogens is 452 g/mol. The van der Waals surface area contributed by atoms with Crippen molar-refractivity contribution in [2.24, 2.45) is 0 Å². The average Bonchev–Trinajstić information content (AvgIpc) is 2.75. The van der Waals surface area contributed by atoms with Gasteiger partial charge in [0.05, 0.1) is 0 Å². The van der Waals surface area contributed by atoms with E-state index in [1.807, 2.05) is 56.3 Å². The lowest BCUT2D eigenvalue weighted by Crippen LogP contribution is -2.49. The summed E-state index contributed by atoms with van der Waals surface area (Å²) in [6, 6.07) is 21.7. The molecule has 31 heavy (non-hydrogen) atoms. The number of benzene rings is 3. The first-order valence-electron chi connectivity index (χ1n) is 10.7. The van der Waals surface area contributed by atoms with Gasteiger partial charge in [-0.15, -0.1) is 0 Å². The SMILES string of the molecule is CC(C)NC(=O)[C@@H](C)N(Cc1cccc(Br)c1)C(=O)CCc1cccc2ccccc12. The molecular formula is C26H29BrN2O2. The van der Waals surface area contributed by atoms with Crippen molar-refractivity contribution < 1.29 is 9.59 Å². The first-order chi connectivity index (χ1) is 14.8. The summed E-state index contributed by atoms with van der Waals surface area (Å²) < 4.78 is 0.951. The summed E-state index contributed by atoms with van der Waals surface area (Å²) in [4.78, 5) is 27.7. The Kier molecular flexibility index (Phi) is 7.85. The number of halogens is 1. The molecule has 1 atom stereocenters. The van der Waals surface area contributed by atoms with Crippen LogP contribution < -0.4 is 5.32 Å². The molecule has 3 rings (SSSR count). The van der Waals surface area contributed by atoms with Crippen molar-refractivity contribution in [3.8, 4) is 0 Å². The van der Waals surface area contributed by atoms with Crippen LogP contribution in [0.4, 0.5) is 0 Å². The molecule has 0 saturated carbocycles. The van der Waals surface area contributed by atoms with Crippen LogP contribution in [0.2, 0.25) is 0 Å². The molecule has 0 aliphatic carbocycles. The number of rotatable bonds is 8. The Labute approximate surface area is 192 Å². The van der Waals surface area contributed by atoms with Gasteiger partial charge in [0.2, 0.25) is 11.8 Å². The quantitative estimate of drug-likeness (QED) is 0.464. The van der Waals surface area contributed by atoms with Crippen LogP contribution in [0.1, 0.15) is 38.3 Å². The highest BCUT2D eigenvalue weighted by atomic mass is 79.9. The van der Waals surface area contributed by atoms with Crippen molar-refractivity contribution in [3.05, 3.63) is 82.3 Å². The Balaban J connectivity index is 1.79. The van der Waals surface area contributed by atoms with E-state index in [1.54, 1.807) is 11.8 Å². The highest BCUT2D eigenvalue weighted by molar-refractivity contribution is 9.10. The fourth-order valence-corrected chi connectivity index (χ4v) is 4.16. The standard InChI is InChI=1S/C26H29BrN2O2/c1-18(2)28-26(31)19(3)29(17-20-8-6-12-23(27)16-20)25(30)15-14-22-11-7-10-21-9-4-5-13-24(21)22/h4-13,16,18-19H,14-15,17H2,1-3H3,(H,28,31)/t19-/m1/s1. The van der Waals surface area contributed by atoms with Gasteiger partial charge in [-0.1, -0.05) is 70.5 Å². The first-order valence-corrected chi connectivity index (χ1v) is 11.5. The van der Waals surface area contributed by atoms with Gasteiger partial charge in [0.1, 0.15) is 6.04 Å². The van der Waals surface area contributed by atoms with E-state index >= 15 is 0 Å². The minimum absolute atomic E-state index is 0.0217. The average molecular weight is 481 g/mol. The van der Waals surface area contributed by atoms with Gasteiger partial charge in [-0.2, -0.15) is 0 Å². The Bertz CT molecular complexity index is 1060. The molecule has 162 valence electrons. The van der Waals surface area contributed by atoms with Crippen LogP contribution >= 0.6 is 15.9 Å². The maximum absolute atomic E-state index is 13.3. The Morgan fingerprint density at radius 2 is 1.68 bits per heavy atom. The fourth-order valence-electron chi connectivity index (χ4n) is 3.72. The second kappa shape index (κ2) is 10.6. The van der Waals surface area contributed by atoms with Gasteiger partial charge in [0.25, 0.3) is 0 Å². The largest absolute Gasteiger partial charge is 0.352 e. The first kappa shape index (κ1) is 23.0. The molecule has 0 spiro atoms. The van der Waals surface area contributed by atoms with E-state index in [9.17, 15) is 9.59 Å². The molecule has 5 heteroatoms. The second-order valence-corrected chi connectivity index (χ2v) is 9.04. The molecule has 3 aromatic rings. The number of nitrogens with one attached hydrogen (secondary N) is 1. The third-order valence-corrected chi connectivity index (χ3v) is 5.82. The van der Waals surface area contributed by atoms with Gasteiger partial charge < -0.3 is 10.2 Å². The van der Waals surface area contributed by atoms with E-state index in [1.165, 1.54) is 10.8 Å². The van der Waals surface area contributed by atoms with E-state index in [0.717, 1.165) is 15.6 Å². The summed E-state index contributed by atoms with van der Waals surface area (Å²) in [5, 5.41) is 5.27. The molecule has 0 aliphatic heterocycles. The molecule has 0 heterocycles. The smallest absolute Gasteiger partial charge is 0.242 e. The number of amides is 2. The van der Waals surface area contributed by atoms with Gasteiger partial charge in [0.15, 0.2) is 0 Å². The number of carbonyl (C=O) groups excluding carboxylic acids is 2. The lowest BCUT2D eigenvalue weighted by atomic mass is 10.0. The normalized spacial score (nSPS) is 12.0. The Morgan fingerprint density at radius 3 is 2.42 bits per heavy atom. The van der Waals surface area contributed by atoms with E-state index in [-0.39, 0.29) is 17.9 Å². The highest BCUT2D eigenvalue weighted by Gasteiger charge is 2.26. The van der Waals surface area contributed by atoms with E-state index < -0.39 is 6.04 Å². The summed E-state index contributed by atoms with van der Waals surface area (Å²) in [5.74, 6) is -0.164. The summed E-state index contributed by atoms with van der Waals surface area (Å²) in [6.45, 7) is 6.03. The molecule has 0 bridgehead atoms. The lowest BCUT2D eigenvalue weighted by Gasteiger charge is -2.29. The molecule has 1 N–H and O–H groups in total. The molecule has 0 saturated heterocycles. The lowest BCUT2D eigenvalue weighted by molar-refractivity contribution is -0.140. The van der Waals surface area contributed by atoms with Gasteiger partial charge >= 0.3 is 0 Å². The van der Waals surface area contributed by atoms with Crippen LogP contribution in [-0.4, -0.2) is 28.8 Å². The van der Waals surface area contributed by atoms with E-state index in [4.69, 9.17) is 0 Å². The van der Waals surface area contributed by atoms with Crippen molar-refractivity contribution in [2.75, 3.05) is 0 Å². The third kappa shape index (κ3) is 6.17. The number of nitrogens with zero attached hydrogens (tertiary/aromatic N) is 1. The maximum atomic E-state index is 13.3. The van der Waals surface area contributed by atoms with E-state index in [2.05, 4.69) is 45.5 Å². The van der Waals surface area contributed by atoms with Crippen LogP contribution in [0, 0.1) is 0 Å². The third-order valence-electron chi connectivity index (χ3n) is 5.33. The number of aryl methyl sites for hydroxylation is 1. The van der Waals surface area contributed by atoms with Crippen molar-refractivity contribution in [1.29, 1.82) is 0 Å². The van der Waals surface area contributed by atoms with Gasteiger partial charge in [-0.05, 0) is 61.2 Å². The number of fused-ring (bicyclic) bond motifs is 1. The zero-order valence-electron chi connectivity index (χ0n) is 18.3. The zero-order chi connectivity index (χ0) is 22.4. The second-order valence-electron chi connectivity index (χ2n) is 8.13. The number of carbonyl (C=O) groups is 2. The molecule has 0 aromatic heterocycles. The fraction of sp³-hybridized carbons (Fsp3) is 0.308. The Morgan fingerprint density at radius 1 is 0.968 bits per heavy atom. The van der Waals surface area contributed by atoms with Crippen molar-refractivity contribution in [3.63, 3.8) is 0 Å². The van der Waals surface area contributed by atoms with Crippen molar-refractivity contribution in [1.82, 2.24) is 10.2 Å². The molecule has 0 aliphatic rings.